The fraction of sp³-hybridized carbons (Fsp3) is 0.375. The van der Waals surface area contributed by atoms with Crippen LogP contribution in [0.3, 0.4) is 0 Å². The van der Waals surface area contributed by atoms with E-state index >= 15 is 0 Å². The van der Waals surface area contributed by atoms with Gasteiger partial charge in [0.15, 0.2) is 5.16 Å². The highest BCUT2D eigenvalue weighted by molar-refractivity contribution is 7.99. The van der Waals surface area contributed by atoms with E-state index in [0.29, 0.717) is 24.1 Å². The maximum Gasteiger partial charge on any atom is 0.233 e. The number of aryl methyl sites for hydroxylation is 1. The van der Waals surface area contributed by atoms with Crippen molar-refractivity contribution in [3.05, 3.63) is 65.7 Å². The van der Waals surface area contributed by atoms with Crippen LogP contribution in [0.2, 0.25) is 0 Å². The van der Waals surface area contributed by atoms with Crippen LogP contribution in [0.25, 0.3) is 5.69 Å². The van der Waals surface area contributed by atoms with Gasteiger partial charge >= 0.3 is 0 Å². The van der Waals surface area contributed by atoms with E-state index in [2.05, 4.69) is 46.3 Å². The average molecular weight is 452 g/mol. The minimum absolute atomic E-state index is 0.00294. The Labute approximate surface area is 193 Å². The number of morpholine rings is 1. The van der Waals surface area contributed by atoms with Crippen molar-refractivity contribution in [1.82, 2.24) is 19.7 Å². The molecule has 1 aliphatic rings. The van der Waals surface area contributed by atoms with Crippen molar-refractivity contribution < 1.29 is 9.53 Å². The van der Waals surface area contributed by atoms with Crippen LogP contribution in [0.1, 0.15) is 24.1 Å². The van der Waals surface area contributed by atoms with Gasteiger partial charge in [-0.2, -0.15) is 0 Å². The molecule has 1 amide bonds. The van der Waals surface area contributed by atoms with E-state index in [0.717, 1.165) is 30.3 Å². The molecule has 1 unspecified atom stereocenters. The molecule has 168 valence electrons. The van der Waals surface area contributed by atoms with Crippen molar-refractivity contribution in [3.8, 4) is 5.69 Å². The molecule has 1 saturated heterocycles. The van der Waals surface area contributed by atoms with Crippen LogP contribution >= 0.6 is 11.8 Å². The van der Waals surface area contributed by atoms with Crippen molar-refractivity contribution >= 4 is 23.6 Å². The summed E-state index contributed by atoms with van der Waals surface area (Å²) in [5, 5.41) is 9.64. The predicted molar refractivity (Wildman–Crippen MR) is 127 cm³/mol. The number of amides is 1. The summed E-state index contributed by atoms with van der Waals surface area (Å²) in [7, 11) is 1.85. The molecule has 1 atom stereocenters. The van der Waals surface area contributed by atoms with Crippen LogP contribution in [-0.4, -0.2) is 64.7 Å². The van der Waals surface area contributed by atoms with Gasteiger partial charge in [0.2, 0.25) is 11.9 Å². The molecule has 0 radical (unpaired) electrons. The minimum Gasteiger partial charge on any atom is -0.378 e. The van der Waals surface area contributed by atoms with E-state index in [-0.39, 0.29) is 11.9 Å². The molecule has 32 heavy (non-hydrogen) atoms. The summed E-state index contributed by atoms with van der Waals surface area (Å²) < 4.78 is 7.54. The first-order valence-electron chi connectivity index (χ1n) is 10.8. The quantitative estimate of drug-likeness (QED) is 0.510. The molecule has 3 aromatic rings. The average Bonchev–Trinajstić information content (AvgIpc) is 3.27. The second kappa shape index (κ2) is 10.2. The second-order valence-corrected chi connectivity index (χ2v) is 8.88. The molecule has 7 nitrogen and oxygen atoms in total. The van der Waals surface area contributed by atoms with Crippen molar-refractivity contribution in [2.75, 3.05) is 44.0 Å². The third-order valence-corrected chi connectivity index (χ3v) is 6.70. The lowest BCUT2D eigenvalue weighted by atomic mass is 10.1. The van der Waals surface area contributed by atoms with Gasteiger partial charge in [-0.3, -0.25) is 9.36 Å². The number of hydrogen-bond acceptors (Lipinski definition) is 6. The van der Waals surface area contributed by atoms with E-state index in [1.165, 1.54) is 17.3 Å². The number of anilines is 1. The number of thioether (sulfide) groups is 1. The third-order valence-electron chi connectivity index (χ3n) is 5.78. The number of carbonyl (C=O) groups is 1. The monoisotopic (exact) mass is 451 g/mol. The second-order valence-electron chi connectivity index (χ2n) is 7.93. The van der Waals surface area contributed by atoms with Gasteiger partial charge in [-0.1, -0.05) is 59.8 Å². The number of rotatable bonds is 7. The van der Waals surface area contributed by atoms with Crippen LogP contribution in [0.4, 0.5) is 5.95 Å². The van der Waals surface area contributed by atoms with Gasteiger partial charge in [0.1, 0.15) is 0 Å². The Morgan fingerprint density at radius 2 is 1.78 bits per heavy atom. The molecule has 2 heterocycles. The standard InChI is InChI=1S/C24H29N5O2S/c1-18-9-11-21(12-10-18)29-23(28-13-15-31-16-14-28)25-26-24(29)32-17-22(30)27(3)19(2)20-7-5-4-6-8-20/h4-12,19H,13-17H2,1-3H3. The molecular formula is C24H29N5O2S. The predicted octanol–water partition coefficient (Wildman–Crippen LogP) is 3.72. The Hall–Kier alpha value is -2.84. The van der Waals surface area contributed by atoms with Crippen LogP contribution in [0.5, 0.6) is 0 Å². The fourth-order valence-corrected chi connectivity index (χ4v) is 4.51. The lowest BCUT2D eigenvalue weighted by Crippen LogP contribution is -2.37. The van der Waals surface area contributed by atoms with Crippen molar-refractivity contribution in [2.45, 2.75) is 25.0 Å². The number of benzene rings is 2. The Morgan fingerprint density at radius 3 is 2.47 bits per heavy atom. The Balaban J connectivity index is 1.53. The maximum atomic E-state index is 13.0. The summed E-state index contributed by atoms with van der Waals surface area (Å²) in [6.45, 7) is 6.99. The number of carbonyl (C=O) groups excluding carboxylic acids is 1. The Morgan fingerprint density at radius 1 is 1.09 bits per heavy atom. The zero-order chi connectivity index (χ0) is 22.5. The zero-order valence-corrected chi connectivity index (χ0v) is 19.6. The molecule has 4 rings (SSSR count). The molecule has 2 aromatic carbocycles. The van der Waals surface area contributed by atoms with Crippen molar-refractivity contribution in [1.29, 1.82) is 0 Å². The van der Waals surface area contributed by atoms with Gasteiger partial charge < -0.3 is 14.5 Å². The van der Waals surface area contributed by atoms with Crippen LogP contribution in [0.15, 0.2) is 59.8 Å². The van der Waals surface area contributed by atoms with Gasteiger partial charge in [0.05, 0.1) is 30.7 Å². The van der Waals surface area contributed by atoms with E-state index in [9.17, 15) is 4.79 Å². The van der Waals surface area contributed by atoms with E-state index < -0.39 is 0 Å². The first-order chi connectivity index (χ1) is 15.5. The van der Waals surface area contributed by atoms with Gasteiger partial charge in [-0.05, 0) is 31.5 Å². The fourth-order valence-electron chi connectivity index (χ4n) is 3.64. The lowest BCUT2D eigenvalue weighted by Gasteiger charge is -2.28. The minimum atomic E-state index is 0.00294. The van der Waals surface area contributed by atoms with E-state index in [4.69, 9.17) is 4.74 Å². The van der Waals surface area contributed by atoms with Gasteiger partial charge in [0.25, 0.3) is 0 Å². The molecular weight excluding hydrogens is 422 g/mol. The van der Waals surface area contributed by atoms with Crippen LogP contribution < -0.4 is 4.90 Å². The summed E-state index contributed by atoms with van der Waals surface area (Å²) in [4.78, 5) is 16.9. The zero-order valence-electron chi connectivity index (χ0n) is 18.8. The molecule has 1 fully saturated rings. The molecule has 0 N–H and O–H groups in total. The highest BCUT2D eigenvalue weighted by atomic mass is 32.2. The van der Waals surface area contributed by atoms with Gasteiger partial charge in [0, 0.05) is 20.1 Å². The summed E-state index contributed by atoms with van der Waals surface area (Å²) in [6, 6.07) is 18.4. The summed E-state index contributed by atoms with van der Waals surface area (Å²) in [6.07, 6.45) is 0. The summed E-state index contributed by atoms with van der Waals surface area (Å²) >= 11 is 1.42. The molecule has 0 spiro atoms. The Kier molecular flexibility index (Phi) is 7.12. The van der Waals surface area contributed by atoms with Gasteiger partial charge in [-0.15, -0.1) is 10.2 Å². The molecule has 0 aliphatic carbocycles. The number of hydrogen-bond donors (Lipinski definition) is 0. The molecule has 1 aliphatic heterocycles. The molecule has 1 aromatic heterocycles. The number of aromatic nitrogens is 3. The SMILES string of the molecule is Cc1ccc(-n2c(SCC(=O)N(C)C(C)c3ccccc3)nnc2N2CCOCC2)cc1. The van der Waals surface area contributed by atoms with Crippen LogP contribution in [-0.2, 0) is 9.53 Å². The van der Waals surface area contributed by atoms with Gasteiger partial charge in [-0.25, -0.2) is 0 Å². The first-order valence-corrected chi connectivity index (χ1v) is 11.8. The normalized spacial score (nSPS) is 14.9. The van der Waals surface area contributed by atoms with E-state index in [1.807, 2.05) is 48.9 Å². The highest BCUT2D eigenvalue weighted by Gasteiger charge is 2.23. The number of ether oxygens (including phenoxy) is 1. The first kappa shape index (κ1) is 22.4. The lowest BCUT2D eigenvalue weighted by molar-refractivity contribution is -0.128. The Bertz CT molecular complexity index is 1030. The molecule has 0 saturated carbocycles. The number of nitrogens with zero attached hydrogens (tertiary/aromatic N) is 5. The van der Waals surface area contributed by atoms with E-state index in [1.54, 1.807) is 4.90 Å². The van der Waals surface area contributed by atoms with Crippen molar-refractivity contribution in [3.63, 3.8) is 0 Å². The van der Waals surface area contributed by atoms with Crippen LogP contribution in [0, 0.1) is 6.92 Å². The maximum absolute atomic E-state index is 13.0. The molecule has 8 heteroatoms. The smallest absolute Gasteiger partial charge is 0.233 e. The molecule has 0 bridgehead atoms. The summed E-state index contributed by atoms with van der Waals surface area (Å²) in [5.74, 6) is 1.14. The topological polar surface area (TPSA) is 63.5 Å². The van der Waals surface area contributed by atoms with Crippen molar-refractivity contribution in [2.24, 2.45) is 0 Å². The largest absolute Gasteiger partial charge is 0.378 e. The highest BCUT2D eigenvalue weighted by Crippen LogP contribution is 2.28. The summed E-state index contributed by atoms with van der Waals surface area (Å²) in [5.41, 5.74) is 3.30. The third kappa shape index (κ3) is 4.97.